The SMILES string of the molecule is CC(=O)O[C@H]1[C@@H](OC(=O)c2ccco2)C[C@@H](C)[C@]23OC(C)(C)[C@H](C[C@H](OCc4ccccc4)[C@]12C)[C@@H]3OC(=O)c1ccco1. The summed E-state index contributed by atoms with van der Waals surface area (Å²) >= 11 is 0. The number of carbonyl (C=O) groups excluding carboxylic acids is 3. The molecule has 3 aromatic rings. The summed E-state index contributed by atoms with van der Waals surface area (Å²) in [5, 5.41) is 0. The fraction of sp³-hybridized carbons (Fsp3) is 0.500. The zero-order chi connectivity index (χ0) is 31.3. The summed E-state index contributed by atoms with van der Waals surface area (Å²) in [5.41, 5.74) is -2.10. The standard InChI is InChI=1S/C34H38O10/c1-20-17-26(42-30(36)24-13-9-15-38-24)29(41-21(2)35)33(5)27(40-19-22-11-7-6-8-12-22)18-23-28(34(20,33)44-32(23,3)4)43-31(37)25-14-10-16-39-25/h6-16,20,23,26-29H,17-19H2,1-5H3/t20-,23-,26+,27+,28+,29+,33-,34-/m1/s1. The van der Waals surface area contributed by atoms with Gasteiger partial charge >= 0.3 is 17.9 Å². The topological polar surface area (TPSA) is 124 Å². The molecule has 2 saturated carbocycles. The van der Waals surface area contributed by atoms with Crippen molar-refractivity contribution in [3.8, 4) is 0 Å². The van der Waals surface area contributed by atoms with Gasteiger partial charge in [-0.15, -0.1) is 0 Å². The highest BCUT2D eigenvalue weighted by Gasteiger charge is 2.80. The number of carbonyl (C=O) groups is 3. The summed E-state index contributed by atoms with van der Waals surface area (Å²) in [5.74, 6) is -2.33. The van der Waals surface area contributed by atoms with Crippen LogP contribution in [0, 0.1) is 17.3 Å². The second-order valence-corrected chi connectivity index (χ2v) is 12.8. The van der Waals surface area contributed by atoms with Crippen molar-refractivity contribution >= 4 is 17.9 Å². The van der Waals surface area contributed by atoms with Gasteiger partial charge in [-0.25, -0.2) is 9.59 Å². The van der Waals surface area contributed by atoms with Crippen molar-refractivity contribution in [1.29, 1.82) is 0 Å². The van der Waals surface area contributed by atoms with Crippen molar-refractivity contribution in [3.63, 3.8) is 0 Å². The van der Waals surface area contributed by atoms with E-state index in [1.165, 1.54) is 25.5 Å². The van der Waals surface area contributed by atoms with E-state index < -0.39 is 58.9 Å². The molecule has 0 N–H and O–H groups in total. The minimum Gasteiger partial charge on any atom is -0.458 e. The average molecular weight is 607 g/mol. The van der Waals surface area contributed by atoms with Crippen LogP contribution >= 0.6 is 0 Å². The number of furan rings is 2. The van der Waals surface area contributed by atoms with Gasteiger partial charge in [0.25, 0.3) is 0 Å². The summed E-state index contributed by atoms with van der Waals surface area (Å²) in [6.45, 7) is 9.50. The van der Waals surface area contributed by atoms with Crippen molar-refractivity contribution in [3.05, 3.63) is 84.2 Å². The molecule has 2 bridgehead atoms. The van der Waals surface area contributed by atoms with Crippen LogP contribution in [0.2, 0.25) is 0 Å². The Labute approximate surface area is 255 Å². The second-order valence-electron chi connectivity index (χ2n) is 12.8. The van der Waals surface area contributed by atoms with Crippen molar-refractivity contribution in [1.82, 2.24) is 0 Å². The largest absolute Gasteiger partial charge is 0.458 e. The lowest BCUT2D eigenvalue weighted by Gasteiger charge is -2.63. The lowest BCUT2D eigenvalue weighted by molar-refractivity contribution is -0.307. The molecule has 3 aliphatic rings. The Bertz CT molecular complexity index is 1480. The Morgan fingerprint density at radius 3 is 2.05 bits per heavy atom. The molecule has 8 atom stereocenters. The third-order valence-electron chi connectivity index (χ3n) is 9.86. The van der Waals surface area contributed by atoms with Gasteiger partial charge in [-0.1, -0.05) is 44.2 Å². The van der Waals surface area contributed by atoms with Crippen LogP contribution in [0.15, 0.2) is 76.0 Å². The van der Waals surface area contributed by atoms with Gasteiger partial charge < -0.3 is 32.5 Å². The first-order valence-corrected chi connectivity index (χ1v) is 15.0. The highest BCUT2D eigenvalue weighted by Crippen LogP contribution is 2.68. The average Bonchev–Trinajstić information content (AvgIpc) is 3.74. The van der Waals surface area contributed by atoms with Crippen LogP contribution in [-0.2, 0) is 35.1 Å². The third-order valence-corrected chi connectivity index (χ3v) is 9.86. The minimum absolute atomic E-state index is 0.0359. The van der Waals surface area contributed by atoms with Crippen LogP contribution in [0.25, 0.3) is 0 Å². The summed E-state index contributed by atoms with van der Waals surface area (Å²) in [7, 11) is 0. The molecule has 10 nitrogen and oxygen atoms in total. The highest BCUT2D eigenvalue weighted by atomic mass is 16.6. The number of esters is 3. The predicted molar refractivity (Wildman–Crippen MR) is 154 cm³/mol. The number of hydrogen-bond donors (Lipinski definition) is 0. The maximum absolute atomic E-state index is 13.4. The summed E-state index contributed by atoms with van der Waals surface area (Å²) in [6, 6.07) is 16.1. The van der Waals surface area contributed by atoms with Gasteiger partial charge in [-0.2, -0.15) is 0 Å². The molecule has 1 saturated heterocycles. The first kappa shape index (κ1) is 30.1. The van der Waals surface area contributed by atoms with E-state index in [1.807, 2.05) is 58.0 Å². The lowest BCUT2D eigenvalue weighted by atomic mass is 9.48. The molecule has 1 spiro atoms. The molecule has 3 fully saturated rings. The van der Waals surface area contributed by atoms with Gasteiger partial charge in [-0.05, 0) is 62.4 Å². The van der Waals surface area contributed by atoms with Crippen LogP contribution in [0.5, 0.6) is 0 Å². The third kappa shape index (κ3) is 4.84. The number of rotatable bonds is 8. The van der Waals surface area contributed by atoms with E-state index in [1.54, 1.807) is 18.2 Å². The van der Waals surface area contributed by atoms with Gasteiger partial charge in [0.05, 0.1) is 36.3 Å². The first-order chi connectivity index (χ1) is 21.0. The Kier molecular flexibility index (Phi) is 7.70. The predicted octanol–water partition coefficient (Wildman–Crippen LogP) is 5.75. The molecule has 2 aromatic heterocycles. The van der Waals surface area contributed by atoms with Crippen molar-refractivity contribution in [2.24, 2.45) is 17.3 Å². The number of hydrogen-bond acceptors (Lipinski definition) is 10. The quantitative estimate of drug-likeness (QED) is 0.231. The summed E-state index contributed by atoms with van der Waals surface area (Å²) in [6.07, 6.45) is 0.351. The summed E-state index contributed by atoms with van der Waals surface area (Å²) in [4.78, 5) is 39.3. The van der Waals surface area contributed by atoms with Crippen LogP contribution in [0.4, 0.5) is 0 Å². The number of fused-ring (bicyclic) bond motifs is 1. The van der Waals surface area contributed by atoms with Crippen molar-refractivity contribution < 1.29 is 46.9 Å². The van der Waals surface area contributed by atoms with Crippen LogP contribution in [0.3, 0.4) is 0 Å². The van der Waals surface area contributed by atoms with E-state index in [4.69, 9.17) is 32.5 Å². The molecule has 1 aliphatic heterocycles. The Morgan fingerprint density at radius 1 is 0.818 bits per heavy atom. The smallest absolute Gasteiger partial charge is 0.374 e. The molecule has 6 rings (SSSR count). The Balaban J connectivity index is 1.46. The van der Waals surface area contributed by atoms with E-state index in [-0.39, 0.29) is 29.8 Å². The molecule has 0 unspecified atom stereocenters. The minimum atomic E-state index is -1.18. The molecule has 0 radical (unpaired) electrons. The van der Waals surface area contributed by atoms with Gasteiger partial charge in [0.1, 0.15) is 23.9 Å². The molecule has 2 aliphatic carbocycles. The maximum atomic E-state index is 13.4. The van der Waals surface area contributed by atoms with Crippen LogP contribution in [-0.4, -0.2) is 53.5 Å². The molecule has 10 heteroatoms. The zero-order valence-electron chi connectivity index (χ0n) is 25.5. The van der Waals surface area contributed by atoms with E-state index in [2.05, 4.69) is 0 Å². The van der Waals surface area contributed by atoms with Gasteiger partial charge in [0, 0.05) is 12.8 Å². The van der Waals surface area contributed by atoms with Crippen molar-refractivity contribution in [2.45, 2.75) is 89.7 Å². The van der Waals surface area contributed by atoms with Crippen LogP contribution in [0.1, 0.15) is 74.1 Å². The maximum Gasteiger partial charge on any atom is 0.374 e. The number of benzene rings is 1. The Morgan fingerprint density at radius 2 is 1.45 bits per heavy atom. The molecular formula is C34H38O10. The Hall–Kier alpha value is -3.89. The van der Waals surface area contributed by atoms with Crippen LogP contribution < -0.4 is 0 Å². The highest BCUT2D eigenvalue weighted by molar-refractivity contribution is 5.87. The molecule has 3 heterocycles. The van der Waals surface area contributed by atoms with E-state index in [9.17, 15) is 14.4 Å². The van der Waals surface area contributed by atoms with Gasteiger partial charge in [0.2, 0.25) is 11.5 Å². The molecular weight excluding hydrogens is 568 g/mol. The summed E-state index contributed by atoms with van der Waals surface area (Å²) < 4.78 is 42.9. The van der Waals surface area contributed by atoms with Gasteiger partial charge in [-0.3, -0.25) is 4.79 Å². The fourth-order valence-corrected chi connectivity index (χ4v) is 7.96. The van der Waals surface area contributed by atoms with Gasteiger partial charge in [0.15, 0.2) is 0 Å². The first-order valence-electron chi connectivity index (χ1n) is 15.0. The van der Waals surface area contributed by atoms with E-state index in [0.717, 1.165) is 5.56 Å². The fourth-order valence-electron chi connectivity index (χ4n) is 7.96. The molecule has 44 heavy (non-hydrogen) atoms. The second kappa shape index (κ2) is 11.2. The normalized spacial score (nSPS) is 33.7. The molecule has 0 amide bonds. The molecule has 1 aromatic carbocycles. The monoisotopic (exact) mass is 606 g/mol. The molecule has 234 valence electrons. The number of ether oxygens (including phenoxy) is 5. The van der Waals surface area contributed by atoms with E-state index in [0.29, 0.717) is 13.0 Å². The van der Waals surface area contributed by atoms with E-state index >= 15 is 0 Å². The lowest BCUT2D eigenvalue weighted by Crippen LogP contribution is -2.76. The van der Waals surface area contributed by atoms with Crippen molar-refractivity contribution in [2.75, 3.05) is 0 Å². The zero-order valence-corrected chi connectivity index (χ0v) is 25.5.